The highest BCUT2D eigenvalue weighted by Crippen LogP contribution is 2.65. The molecule has 10 heteroatoms. The quantitative estimate of drug-likeness (QED) is 0.641. The number of hydrogen-bond acceptors (Lipinski definition) is 0. The minimum Gasteiger partial charge on any atom is -0.234 e. The first-order chi connectivity index (χ1) is 7.72. The lowest BCUT2D eigenvalue weighted by Gasteiger charge is -2.50. The molecule has 18 heavy (non-hydrogen) atoms. The van der Waals surface area contributed by atoms with E-state index < -0.39 is 42.0 Å². The second-order valence-electron chi connectivity index (χ2n) is 3.91. The highest BCUT2D eigenvalue weighted by molar-refractivity contribution is 5.23. The molecule has 0 amide bonds. The molecule has 0 aromatic rings. The first-order valence-electron chi connectivity index (χ1n) is 4.56. The lowest BCUT2D eigenvalue weighted by Crippen LogP contribution is -2.79. The van der Waals surface area contributed by atoms with Gasteiger partial charge in [0, 0.05) is 0 Å². The first-order valence-corrected chi connectivity index (χ1v) is 4.56. The summed E-state index contributed by atoms with van der Waals surface area (Å²) in [5, 5.41) is 0. The summed E-state index contributed by atoms with van der Waals surface area (Å²) in [4.78, 5) is 0. The molecule has 0 atom stereocenters. The molecule has 108 valence electrons. The third kappa shape index (κ3) is 1.24. The predicted octanol–water partition coefficient (Wildman–Crippen LogP) is 4.00. The summed E-state index contributed by atoms with van der Waals surface area (Å²) in [7, 11) is 0. The van der Waals surface area contributed by atoms with Crippen LogP contribution >= 0.6 is 0 Å². The van der Waals surface area contributed by atoms with Crippen molar-refractivity contribution in [2.45, 2.75) is 48.9 Å². The second kappa shape index (κ2) is 3.44. The second-order valence-corrected chi connectivity index (χ2v) is 3.91. The molecule has 0 N–H and O–H groups in total. The Morgan fingerprint density at radius 2 is 1.00 bits per heavy atom. The van der Waals surface area contributed by atoms with Gasteiger partial charge in [-0.3, -0.25) is 0 Å². The van der Waals surface area contributed by atoms with Crippen LogP contribution in [0.5, 0.6) is 0 Å². The van der Waals surface area contributed by atoms with E-state index in [-0.39, 0.29) is 6.92 Å². The van der Waals surface area contributed by atoms with Crippen LogP contribution < -0.4 is 0 Å². The zero-order valence-corrected chi connectivity index (χ0v) is 8.56. The standard InChI is InChI=1S/C8H6F10/c1-2-4(10)7(15,16)5(11,12)3(9)6(13,14)8(4,17)18/h3H,2H2,1H3. The zero-order valence-electron chi connectivity index (χ0n) is 8.56. The summed E-state index contributed by atoms with van der Waals surface area (Å²) < 4.78 is 129. The van der Waals surface area contributed by atoms with Crippen molar-refractivity contribution in [1.29, 1.82) is 0 Å². The van der Waals surface area contributed by atoms with Gasteiger partial charge >= 0.3 is 23.7 Å². The van der Waals surface area contributed by atoms with Gasteiger partial charge in [-0.15, -0.1) is 0 Å². The predicted molar refractivity (Wildman–Crippen MR) is 38.8 cm³/mol. The molecule has 1 rings (SSSR count). The molecule has 1 aliphatic carbocycles. The van der Waals surface area contributed by atoms with Crippen LogP contribution in [0, 0.1) is 0 Å². The smallest absolute Gasteiger partial charge is 0.234 e. The van der Waals surface area contributed by atoms with Crippen molar-refractivity contribution in [2.75, 3.05) is 0 Å². The van der Waals surface area contributed by atoms with Crippen molar-refractivity contribution in [3.63, 3.8) is 0 Å². The minimum atomic E-state index is -6.26. The van der Waals surface area contributed by atoms with Crippen LogP contribution in [0.1, 0.15) is 13.3 Å². The maximum absolute atomic E-state index is 13.4. The number of hydrogen-bond donors (Lipinski definition) is 0. The highest BCUT2D eigenvalue weighted by atomic mass is 19.3. The fourth-order valence-electron chi connectivity index (χ4n) is 1.72. The molecule has 0 aliphatic heterocycles. The topological polar surface area (TPSA) is 0 Å². The van der Waals surface area contributed by atoms with Gasteiger partial charge in [0.15, 0.2) is 0 Å². The summed E-state index contributed by atoms with van der Waals surface area (Å²) in [6, 6.07) is 0. The van der Waals surface area contributed by atoms with Crippen LogP contribution in [0.3, 0.4) is 0 Å². The Bertz CT molecular complexity index is 318. The molecule has 0 unspecified atom stereocenters. The zero-order chi connectivity index (χ0) is 14.8. The van der Waals surface area contributed by atoms with Crippen molar-refractivity contribution in [1.82, 2.24) is 0 Å². The maximum atomic E-state index is 13.4. The van der Waals surface area contributed by atoms with Crippen LogP contribution in [0.25, 0.3) is 0 Å². The molecule has 1 aliphatic rings. The van der Waals surface area contributed by atoms with Crippen LogP contribution in [-0.2, 0) is 0 Å². The monoisotopic (exact) mass is 292 g/mol. The third-order valence-corrected chi connectivity index (χ3v) is 2.96. The fraction of sp³-hybridized carbons (Fsp3) is 1.00. The Kier molecular flexibility index (Phi) is 2.94. The molecule has 0 radical (unpaired) electrons. The van der Waals surface area contributed by atoms with E-state index >= 15 is 0 Å². The summed E-state index contributed by atoms with van der Waals surface area (Å²) in [6.45, 7) is 0.256. The molecule has 0 bridgehead atoms. The number of halogens is 10. The van der Waals surface area contributed by atoms with Gasteiger partial charge in [0.25, 0.3) is 0 Å². The van der Waals surface area contributed by atoms with E-state index in [1.807, 2.05) is 0 Å². The molecular formula is C8H6F10. The molecule has 0 spiro atoms. The van der Waals surface area contributed by atoms with Gasteiger partial charge in [0.05, 0.1) is 0 Å². The number of rotatable bonds is 1. The number of alkyl halides is 10. The van der Waals surface area contributed by atoms with E-state index in [1.54, 1.807) is 0 Å². The van der Waals surface area contributed by atoms with E-state index in [1.165, 1.54) is 0 Å². The molecule has 0 aromatic heterocycles. The van der Waals surface area contributed by atoms with Crippen molar-refractivity contribution in [2.24, 2.45) is 0 Å². The van der Waals surface area contributed by atoms with E-state index in [4.69, 9.17) is 0 Å². The normalized spacial score (nSPS) is 40.5. The van der Waals surface area contributed by atoms with E-state index in [2.05, 4.69) is 0 Å². The Balaban J connectivity index is 3.62. The Morgan fingerprint density at radius 3 is 1.22 bits per heavy atom. The first kappa shape index (κ1) is 15.4. The summed E-state index contributed by atoms with van der Waals surface area (Å²) in [5.74, 6) is -25.0. The summed E-state index contributed by atoms with van der Waals surface area (Å²) in [5.41, 5.74) is -5.55. The largest absolute Gasteiger partial charge is 0.352 e. The Labute approximate surface area is 93.9 Å². The summed E-state index contributed by atoms with van der Waals surface area (Å²) in [6.07, 6.45) is -7.23. The SMILES string of the molecule is CCC1(F)C(F)(F)C(F)(F)C(F)C(F)(F)C1(F)F. The van der Waals surface area contributed by atoms with Crippen LogP contribution in [0.2, 0.25) is 0 Å². The molecule has 1 fully saturated rings. The lowest BCUT2D eigenvalue weighted by molar-refractivity contribution is -0.433. The average molecular weight is 292 g/mol. The Hall–Kier alpha value is -0.700. The highest BCUT2D eigenvalue weighted by Gasteiger charge is 2.93. The van der Waals surface area contributed by atoms with Gasteiger partial charge < -0.3 is 0 Å². The maximum Gasteiger partial charge on any atom is 0.352 e. The van der Waals surface area contributed by atoms with E-state index in [0.717, 1.165) is 0 Å². The molecular weight excluding hydrogens is 286 g/mol. The van der Waals surface area contributed by atoms with Gasteiger partial charge in [0.1, 0.15) is 0 Å². The van der Waals surface area contributed by atoms with E-state index in [0.29, 0.717) is 0 Å². The van der Waals surface area contributed by atoms with Crippen LogP contribution in [0.4, 0.5) is 43.9 Å². The molecule has 0 saturated heterocycles. The van der Waals surface area contributed by atoms with E-state index in [9.17, 15) is 43.9 Å². The lowest BCUT2D eigenvalue weighted by atomic mass is 9.72. The van der Waals surface area contributed by atoms with Gasteiger partial charge in [-0.05, 0) is 6.42 Å². The van der Waals surface area contributed by atoms with Crippen molar-refractivity contribution in [3.05, 3.63) is 0 Å². The third-order valence-electron chi connectivity index (χ3n) is 2.96. The van der Waals surface area contributed by atoms with Crippen LogP contribution in [0.15, 0.2) is 0 Å². The van der Waals surface area contributed by atoms with Gasteiger partial charge in [-0.2, -0.15) is 35.1 Å². The Morgan fingerprint density at radius 1 is 0.722 bits per heavy atom. The van der Waals surface area contributed by atoms with Crippen LogP contribution in [-0.4, -0.2) is 35.5 Å². The van der Waals surface area contributed by atoms with Gasteiger partial charge in [-0.1, -0.05) is 6.92 Å². The fourth-order valence-corrected chi connectivity index (χ4v) is 1.72. The van der Waals surface area contributed by atoms with Gasteiger partial charge in [0.2, 0.25) is 11.8 Å². The average Bonchev–Trinajstić information content (AvgIpc) is 2.24. The molecule has 0 heterocycles. The molecule has 1 saturated carbocycles. The van der Waals surface area contributed by atoms with Crippen molar-refractivity contribution >= 4 is 0 Å². The van der Waals surface area contributed by atoms with Gasteiger partial charge in [-0.25, -0.2) is 8.78 Å². The van der Waals surface area contributed by atoms with Crippen molar-refractivity contribution in [3.8, 4) is 0 Å². The minimum absolute atomic E-state index is 0.256. The molecule has 0 nitrogen and oxygen atoms in total. The summed E-state index contributed by atoms with van der Waals surface area (Å²) >= 11 is 0. The van der Waals surface area contributed by atoms with Crippen molar-refractivity contribution < 1.29 is 43.9 Å². The molecule has 0 aromatic carbocycles.